The summed E-state index contributed by atoms with van der Waals surface area (Å²) in [5, 5.41) is 0. The number of hydrogen-bond donors (Lipinski definition) is 1. The van der Waals surface area contributed by atoms with Crippen LogP contribution in [0.1, 0.15) is 31.2 Å². The first-order valence-electron chi connectivity index (χ1n) is 7.33. The van der Waals surface area contributed by atoms with Crippen molar-refractivity contribution in [2.75, 3.05) is 13.1 Å². The van der Waals surface area contributed by atoms with E-state index in [2.05, 4.69) is 0 Å². The Balaban J connectivity index is 1.97. The van der Waals surface area contributed by atoms with Crippen LogP contribution >= 0.6 is 0 Å². The van der Waals surface area contributed by atoms with Gasteiger partial charge in [0.05, 0.1) is 13.1 Å². The van der Waals surface area contributed by atoms with Crippen LogP contribution in [0.2, 0.25) is 0 Å². The van der Waals surface area contributed by atoms with Gasteiger partial charge in [-0.3, -0.25) is 14.5 Å². The summed E-state index contributed by atoms with van der Waals surface area (Å²) in [5.74, 6) is -0.887. The van der Waals surface area contributed by atoms with Crippen molar-refractivity contribution in [3.05, 3.63) is 35.6 Å². The van der Waals surface area contributed by atoms with Gasteiger partial charge in [0.15, 0.2) is 5.78 Å². The molecule has 0 bridgehead atoms. The Morgan fingerprint density at radius 3 is 2.48 bits per heavy atom. The molecule has 1 fully saturated rings. The molecule has 0 radical (unpaired) electrons. The number of halogens is 1. The molecule has 4 nitrogen and oxygen atoms in total. The Labute approximate surface area is 124 Å². The molecular formula is C16H21FN2O2. The molecule has 0 heterocycles. The van der Waals surface area contributed by atoms with Gasteiger partial charge in [-0.25, -0.2) is 4.39 Å². The minimum absolute atomic E-state index is 0.0503. The molecule has 114 valence electrons. The summed E-state index contributed by atoms with van der Waals surface area (Å²) in [6.07, 6.45) is 4.25. The lowest BCUT2D eigenvalue weighted by molar-refractivity contribution is -0.123. The molecule has 0 saturated heterocycles. The summed E-state index contributed by atoms with van der Waals surface area (Å²) in [5.41, 5.74) is 5.66. The third kappa shape index (κ3) is 4.63. The molecule has 5 heteroatoms. The highest BCUT2D eigenvalue weighted by atomic mass is 19.1. The molecule has 0 aromatic heterocycles. The van der Waals surface area contributed by atoms with Gasteiger partial charge in [-0.2, -0.15) is 0 Å². The van der Waals surface area contributed by atoms with E-state index in [-0.39, 0.29) is 37.2 Å². The maximum Gasteiger partial charge on any atom is 0.231 e. The van der Waals surface area contributed by atoms with E-state index in [1.807, 2.05) is 4.90 Å². The molecule has 0 atom stereocenters. The zero-order valence-corrected chi connectivity index (χ0v) is 12.1. The van der Waals surface area contributed by atoms with Crippen molar-refractivity contribution >= 4 is 11.7 Å². The number of hydrogen-bond acceptors (Lipinski definition) is 3. The van der Waals surface area contributed by atoms with Gasteiger partial charge in [-0.05, 0) is 24.5 Å². The summed E-state index contributed by atoms with van der Waals surface area (Å²) >= 11 is 0. The lowest BCUT2D eigenvalue weighted by Crippen LogP contribution is -2.43. The topological polar surface area (TPSA) is 63.4 Å². The second-order valence-corrected chi connectivity index (χ2v) is 5.62. The predicted octanol–water partition coefficient (Wildman–Crippen LogP) is 1.67. The van der Waals surface area contributed by atoms with Crippen molar-refractivity contribution in [1.29, 1.82) is 0 Å². The van der Waals surface area contributed by atoms with Gasteiger partial charge in [-0.1, -0.05) is 31.0 Å². The number of carbonyl (C=O) groups excluding carboxylic acids is 2. The van der Waals surface area contributed by atoms with Crippen LogP contribution in [0.15, 0.2) is 24.3 Å². The molecule has 2 N–H and O–H groups in total. The van der Waals surface area contributed by atoms with Crippen LogP contribution in [0.3, 0.4) is 0 Å². The summed E-state index contributed by atoms with van der Waals surface area (Å²) in [7, 11) is 0. The lowest BCUT2D eigenvalue weighted by atomic mass is 10.1. The normalized spacial score (nSPS) is 15.5. The summed E-state index contributed by atoms with van der Waals surface area (Å²) < 4.78 is 13.6. The second kappa shape index (κ2) is 7.31. The average Bonchev–Trinajstić information content (AvgIpc) is 2.94. The van der Waals surface area contributed by atoms with Crippen molar-refractivity contribution in [2.24, 2.45) is 5.73 Å². The van der Waals surface area contributed by atoms with E-state index in [1.54, 1.807) is 18.2 Å². The first kappa shape index (κ1) is 15.6. The molecule has 1 aromatic carbocycles. The Morgan fingerprint density at radius 2 is 1.86 bits per heavy atom. The number of benzene rings is 1. The van der Waals surface area contributed by atoms with Crippen LogP contribution in [0.5, 0.6) is 0 Å². The monoisotopic (exact) mass is 292 g/mol. The third-order valence-corrected chi connectivity index (χ3v) is 3.92. The molecule has 1 amide bonds. The van der Waals surface area contributed by atoms with Crippen LogP contribution in [-0.4, -0.2) is 35.7 Å². The van der Waals surface area contributed by atoms with Crippen molar-refractivity contribution in [2.45, 2.75) is 38.1 Å². The molecule has 1 saturated carbocycles. The zero-order valence-electron chi connectivity index (χ0n) is 12.1. The maximum absolute atomic E-state index is 13.6. The van der Waals surface area contributed by atoms with Crippen LogP contribution in [0, 0.1) is 5.82 Å². The van der Waals surface area contributed by atoms with E-state index < -0.39 is 5.91 Å². The SMILES string of the molecule is NC(=O)CN(CC(=O)Cc1ccccc1F)C1CCCC1. The van der Waals surface area contributed by atoms with Gasteiger partial charge >= 0.3 is 0 Å². The van der Waals surface area contributed by atoms with Crippen molar-refractivity contribution in [1.82, 2.24) is 4.90 Å². The number of ketones is 1. The Hall–Kier alpha value is -1.75. The van der Waals surface area contributed by atoms with E-state index in [4.69, 9.17) is 5.73 Å². The van der Waals surface area contributed by atoms with Crippen LogP contribution < -0.4 is 5.73 Å². The molecule has 0 spiro atoms. The maximum atomic E-state index is 13.6. The van der Waals surface area contributed by atoms with E-state index in [9.17, 15) is 14.0 Å². The smallest absolute Gasteiger partial charge is 0.231 e. The van der Waals surface area contributed by atoms with Crippen LogP contribution in [0.4, 0.5) is 4.39 Å². The summed E-state index contributed by atoms with van der Waals surface area (Å²) in [6.45, 7) is 0.246. The second-order valence-electron chi connectivity index (χ2n) is 5.62. The quantitative estimate of drug-likeness (QED) is 0.831. The standard InChI is InChI=1S/C16H21FN2O2/c17-15-8-4-1-5-12(15)9-14(20)10-19(11-16(18)21)13-6-2-3-7-13/h1,4-5,8,13H,2-3,6-7,9-11H2,(H2,18,21). The number of rotatable bonds is 7. The van der Waals surface area contributed by atoms with Crippen molar-refractivity contribution in [3.8, 4) is 0 Å². The van der Waals surface area contributed by atoms with E-state index in [0.717, 1.165) is 25.7 Å². The number of nitrogens with two attached hydrogens (primary N) is 1. The fourth-order valence-electron chi connectivity index (χ4n) is 2.92. The van der Waals surface area contributed by atoms with Gasteiger partial charge in [-0.15, -0.1) is 0 Å². The minimum atomic E-state index is -0.430. The first-order chi connectivity index (χ1) is 10.1. The Morgan fingerprint density at radius 1 is 1.19 bits per heavy atom. The number of Topliss-reactive ketones (excluding diaryl/α,β-unsaturated/α-hetero) is 1. The van der Waals surface area contributed by atoms with Crippen LogP contribution in [0.25, 0.3) is 0 Å². The third-order valence-electron chi connectivity index (χ3n) is 3.92. The van der Waals surface area contributed by atoms with E-state index in [0.29, 0.717) is 5.56 Å². The summed E-state index contributed by atoms with van der Waals surface area (Å²) in [4.78, 5) is 25.2. The molecular weight excluding hydrogens is 271 g/mol. The fraction of sp³-hybridized carbons (Fsp3) is 0.500. The van der Waals surface area contributed by atoms with Gasteiger partial charge in [0.2, 0.25) is 5.91 Å². The number of carbonyl (C=O) groups is 2. The molecule has 1 aromatic rings. The van der Waals surface area contributed by atoms with Crippen molar-refractivity contribution in [3.63, 3.8) is 0 Å². The first-order valence-corrected chi connectivity index (χ1v) is 7.33. The molecule has 1 aliphatic rings. The predicted molar refractivity (Wildman–Crippen MR) is 78.1 cm³/mol. The van der Waals surface area contributed by atoms with Crippen molar-refractivity contribution < 1.29 is 14.0 Å². The Bertz CT molecular complexity index is 513. The van der Waals surface area contributed by atoms with Gasteiger partial charge in [0.1, 0.15) is 5.82 Å². The highest BCUT2D eigenvalue weighted by Gasteiger charge is 2.25. The number of amides is 1. The van der Waals surface area contributed by atoms with Gasteiger partial charge < -0.3 is 5.73 Å². The number of nitrogens with zero attached hydrogens (tertiary/aromatic N) is 1. The Kier molecular flexibility index (Phi) is 5.44. The van der Waals surface area contributed by atoms with Crippen LogP contribution in [-0.2, 0) is 16.0 Å². The average molecular weight is 292 g/mol. The van der Waals surface area contributed by atoms with Gasteiger partial charge in [0.25, 0.3) is 0 Å². The minimum Gasteiger partial charge on any atom is -0.369 e. The molecule has 2 rings (SSSR count). The van der Waals surface area contributed by atoms with E-state index >= 15 is 0 Å². The fourth-order valence-corrected chi connectivity index (χ4v) is 2.92. The van der Waals surface area contributed by atoms with E-state index in [1.165, 1.54) is 6.07 Å². The molecule has 0 aliphatic heterocycles. The molecule has 0 unspecified atom stereocenters. The molecule has 21 heavy (non-hydrogen) atoms. The summed E-state index contributed by atoms with van der Waals surface area (Å²) in [6, 6.07) is 6.51. The highest BCUT2D eigenvalue weighted by Crippen LogP contribution is 2.23. The largest absolute Gasteiger partial charge is 0.369 e. The van der Waals surface area contributed by atoms with Gasteiger partial charge in [0, 0.05) is 12.5 Å². The number of primary amides is 1. The highest BCUT2D eigenvalue weighted by molar-refractivity contribution is 5.84. The zero-order chi connectivity index (χ0) is 15.2. The molecule has 1 aliphatic carbocycles. The lowest BCUT2D eigenvalue weighted by Gasteiger charge is -2.26.